The van der Waals surface area contributed by atoms with Crippen molar-refractivity contribution in [3.05, 3.63) is 34.4 Å². The van der Waals surface area contributed by atoms with Gasteiger partial charge in [0.2, 0.25) is 0 Å². The van der Waals surface area contributed by atoms with Crippen molar-refractivity contribution in [3.8, 4) is 0 Å². The Morgan fingerprint density at radius 3 is 2.47 bits per heavy atom. The molecule has 0 fully saturated rings. The molecule has 0 radical (unpaired) electrons. The molecule has 0 aliphatic carbocycles. The Balaban J connectivity index is 2.62. The van der Waals surface area contributed by atoms with Crippen molar-refractivity contribution >= 4 is 6.29 Å². The van der Waals surface area contributed by atoms with Gasteiger partial charge < -0.3 is 4.79 Å². The lowest BCUT2D eigenvalue weighted by molar-refractivity contribution is -0.107. The monoisotopic (exact) mass is 204 g/mol. The van der Waals surface area contributed by atoms with E-state index in [2.05, 4.69) is 32.9 Å². The fraction of sp³-hybridized carbons (Fsp3) is 0.500. The minimum atomic E-state index is 0.698. The second-order valence-corrected chi connectivity index (χ2v) is 4.20. The summed E-state index contributed by atoms with van der Waals surface area (Å²) in [4.78, 5) is 10.2. The SMILES string of the molecule is Cc1ccc(CCCCC=O)c(C)c1C. The van der Waals surface area contributed by atoms with Crippen LogP contribution in [0.1, 0.15) is 41.5 Å². The fourth-order valence-electron chi connectivity index (χ4n) is 1.83. The molecule has 0 saturated heterocycles. The zero-order valence-electron chi connectivity index (χ0n) is 9.97. The minimum Gasteiger partial charge on any atom is -0.303 e. The molecule has 1 aromatic carbocycles. The second kappa shape index (κ2) is 5.69. The van der Waals surface area contributed by atoms with Gasteiger partial charge in [-0.3, -0.25) is 0 Å². The van der Waals surface area contributed by atoms with E-state index in [-0.39, 0.29) is 0 Å². The summed E-state index contributed by atoms with van der Waals surface area (Å²) in [7, 11) is 0. The van der Waals surface area contributed by atoms with Crippen LogP contribution in [0.3, 0.4) is 0 Å². The number of hydrogen-bond acceptors (Lipinski definition) is 1. The number of carbonyl (C=O) groups excluding carboxylic acids is 1. The average molecular weight is 204 g/mol. The van der Waals surface area contributed by atoms with Crippen LogP contribution < -0.4 is 0 Å². The summed E-state index contributed by atoms with van der Waals surface area (Å²) >= 11 is 0. The third kappa shape index (κ3) is 3.19. The van der Waals surface area contributed by atoms with Gasteiger partial charge in [-0.05, 0) is 62.3 Å². The Hall–Kier alpha value is -1.11. The molecule has 0 spiro atoms. The van der Waals surface area contributed by atoms with Crippen LogP contribution in [-0.2, 0) is 11.2 Å². The average Bonchev–Trinajstić information content (AvgIpc) is 2.24. The van der Waals surface area contributed by atoms with Gasteiger partial charge in [-0.1, -0.05) is 12.1 Å². The smallest absolute Gasteiger partial charge is 0.119 e. The number of carbonyl (C=O) groups is 1. The molecule has 0 heterocycles. The van der Waals surface area contributed by atoms with Crippen LogP contribution in [0.15, 0.2) is 12.1 Å². The summed E-state index contributed by atoms with van der Waals surface area (Å²) in [5.41, 5.74) is 5.62. The van der Waals surface area contributed by atoms with Crippen LogP contribution in [-0.4, -0.2) is 6.29 Å². The number of rotatable bonds is 5. The van der Waals surface area contributed by atoms with Gasteiger partial charge in [0, 0.05) is 6.42 Å². The van der Waals surface area contributed by atoms with Crippen LogP contribution in [0.4, 0.5) is 0 Å². The molecule has 1 rings (SSSR count). The Kier molecular flexibility index (Phi) is 4.54. The topological polar surface area (TPSA) is 17.1 Å². The largest absolute Gasteiger partial charge is 0.303 e. The summed E-state index contributed by atoms with van der Waals surface area (Å²) < 4.78 is 0. The Morgan fingerprint density at radius 1 is 1.07 bits per heavy atom. The van der Waals surface area contributed by atoms with Gasteiger partial charge in [0.15, 0.2) is 0 Å². The van der Waals surface area contributed by atoms with Crippen LogP contribution >= 0.6 is 0 Å². The quantitative estimate of drug-likeness (QED) is 0.529. The lowest BCUT2D eigenvalue weighted by Gasteiger charge is -2.10. The number of hydrogen-bond donors (Lipinski definition) is 0. The highest BCUT2D eigenvalue weighted by atomic mass is 16.1. The molecule has 15 heavy (non-hydrogen) atoms. The second-order valence-electron chi connectivity index (χ2n) is 4.20. The molecule has 1 aromatic rings. The van der Waals surface area contributed by atoms with E-state index in [4.69, 9.17) is 0 Å². The van der Waals surface area contributed by atoms with E-state index in [1.54, 1.807) is 0 Å². The molecule has 1 heteroatoms. The number of aldehydes is 1. The van der Waals surface area contributed by atoms with E-state index in [1.807, 2.05) is 0 Å². The van der Waals surface area contributed by atoms with E-state index in [9.17, 15) is 4.79 Å². The Bertz CT molecular complexity index is 339. The van der Waals surface area contributed by atoms with Crippen LogP contribution in [0.2, 0.25) is 0 Å². The first kappa shape index (κ1) is 12.0. The van der Waals surface area contributed by atoms with E-state index in [1.165, 1.54) is 22.3 Å². The Morgan fingerprint density at radius 2 is 1.80 bits per heavy atom. The molecule has 0 saturated carbocycles. The van der Waals surface area contributed by atoms with Gasteiger partial charge in [0.05, 0.1) is 0 Å². The van der Waals surface area contributed by atoms with Gasteiger partial charge in [0.1, 0.15) is 6.29 Å². The predicted octanol–water partition coefficient (Wildman–Crippen LogP) is 3.52. The first-order valence-electron chi connectivity index (χ1n) is 5.66. The van der Waals surface area contributed by atoms with Gasteiger partial charge in [0.25, 0.3) is 0 Å². The molecule has 0 atom stereocenters. The maximum absolute atomic E-state index is 10.2. The van der Waals surface area contributed by atoms with Gasteiger partial charge in [-0.25, -0.2) is 0 Å². The van der Waals surface area contributed by atoms with Crippen molar-refractivity contribution in [3.63, 3.8) is 0 Å². The number of unbranched alkanes of at least 4 members (excludes halogenated alkanes) is 2. The van der Waals surface area contributed by atoms with Crippen LogP contribution in [0.25, 0.3) is 0 Å². The summed E-state index contributed by atoms with van der Waals surface area (Å²) in [5, 5.41) is 0. The highest BCUT2D eigenvalue weighted by Gasteiger charge is 2.03. The number of benzene rings is 1. The van der Waals surface area contributed by atoms with Gasteiger partial charge in [-0.15, -0.1) is 0 Å². The maximum Gasteiger partial charge on any atom is 0.119 e. The first-order chi connectivity index (χ1) is 7.16. The van der Waals surface area contributed by atoms with Crippen molar-refractivity contribution in [2.75, 3.05) is 0 Å². The Labute approximate surface area is 92.5 Å². The summed E-state index contributed by atoms with van der Waals surface area (Å²) in [5.74, 6) is 0. The minimum absolute atomic E-state index is 0.698. The molecule has 0 N–H and O–H groups in total. The molecule has 0 amide bonds. The maximum atomic E-state index is 10.2. The lowest BCUT2D eigenvalue weighted by atomic mass is 9.95. The highest BCUT2D eigenvalue weighted by Crippen LogP contribution is 2.18. The zero-order valence-corrected chi connectivity index (χ0v) is 9.97. The molecule has 0 aromatic heterocycles. The summed E-state index contributed by atoms with van der Waals surface area (Å²) in [6.07, 6.45) is 4.93. The third-order valence-electron chi connectivity index (χ3n) is 3.19. The van der Waals surface area contributed by atoms with E-state index < -0.39 is 0 Å². The fourth-order valence-corrected chi connectivity index (χ4v) is 1.83. The van der Waals surface area contributed by atoms with Crippen molar-refractivity contribution in [2.45, 2.75) is 46.5 Å². The summed E-state index contributed by atoms with van der Waals surface area (Å²) in [6.45, 7) is 6.52. The van der Waals surface area contributed by atoms with Crippen LogP contribution in [0, 0.1) is 20.8 Å². The zero-order chi connectivity index (χ0) is 11.3. The third-order valence-corrected chi connectivity index (χ3v) is 3.19. The summed E-state index contributed by atoms with van der Waals surface area (Å²) in [6, 6.07) is 4.41. The molecule has 82 valence electrons. The van der Waals surface area contributed by atoms with E-state index >= 15 is 0 Å². The number of aryl methyl sites for hydroxylation is 2. The van der Waals surface area contributed by atoms with Crippen LogP contribution in [0.5, 0.6) is 0 Å². The standard InChI is InChI=1S/C14H20O/c1-11-8-9-14(13(3)12(11)2)7-5-4-6-10-15/h8-10H,4-7H2,1-3H3. The van der Waals surface area contributed by atoms with E-state index in [0.29, 0.717) is 6.42 Å². The van der Waals surface area contributed by atoms with Crippen molar-refractivity contribution in [1.29, 1.82) is 0 Å². The predicted molar refractivity (Wildman–Crippen MR) is 64.3 cm³/mol. The first-order valence-corrected chi connectivity index (χ1v) is 5.66. The van der Waals surface area contributed by atoms with E-state index in [0.717, 1.165) is 25.5 Å². The molecular formula is C14H20O. The molecule has 0 aliphatic rings. The van der Waals surface area contributed by atoms with Gasteiger partial charge in [-0.2, -0.15) is 0 Å². The molecular weight excluding hydrogens is 184 g/mol. The van der Waals surface area contributed by atoms with Crippen molar-refractivity contribution < 1.29 is 4.79 Å². The van der Waals surface area contributed by atoms with Crippen molar-refractivity contribution in [2.24, 2.45) is 0 Å². The molecule has 0 bridgehead atoms. The van der Waals surface area contributed by atoms with Gasteiger partial charge >= 0.3 is 0 Å². The molecule has 1 nitrogen and oxygen atoms in total. The molecule has 0 unspecified atom stereocenters. The molecule has 0 aliphatic heterocycles. The van der Waals surface area contributed by atoms with Crippen molar-refractivity contribution in [1.82, 2.24) is 0 Å². The lowest BCUT2D eigenvalue weighted by Crippen LogP contribution is -1.95. The normalized spacial score (nSPS) is 10.3. The highest BCUT2D eigenvalue weighted by molar-refractivity contribution is 5.49.